The molecule has 0 aliphatic carbocycles. The summed E-state index contributed by atoms with van der Waals surface area (Å²) in [6, 6.07) is 0. The molecule has 2 bridgehead atoms. The van der Waals surface area contributed by atoms with Gasteiger partial charge in [0, 0.05) is 52.4 Å². The van der Waals surface area contributed by atoms with Gasteiger partial charge < -0.3 is 14.2 Å². The maximum Gasteiger partial charge on any atom is 0.278 e. The van der Waals surface area contributed by atoms with Gasteiger partial charge in [-0.1, -0.05) is 6.42 Å². The number of nitrogens with zero attached hydrogens (tertiary/aromatic N) is 4. The van der Waals surface area contributed by atoms with E-state index < -0.39 is 32.0 Å². The lowest BCUT2D eigenvalue weighted by molar-refractivity contribution is 0.0311. The number of hydrogen-bond donors (Lipinski definition) is 2. The van der Waals surface area contributed by atoms with Gasteiger partial charge in [0.05, 0.1) is 39.6 Å². The van der Waals surface area contributed by atoms with E-state index in [9.17, 15) is 25.9 Å². The van der Waals surface area contributed by atoms with Gasteiger partial charge in [-0.15, -0.1) is 0 Å². The van der Waals surface area contributed by atoms with Crippen LogP contribution in [0.3, 0.4) is 0 Å². The lowest BCUT2D eigenvalue weighted by Gasteiger charge is -2.28. The summed E-state index contributed by atoms with van der Waals surface area (Å²) in [5.74, 6) is -0.869. The zero-order valence-corrected chi connectivity index (χ0v) is 22.8. The first-order chi connectivity index (χ1) is 17.1. The molecule has 2 aliphatic heterocycles. The summed E-state index contributed by atoms with van der Waals surface area (Å²) in [5, 5.41) is 0. The number of fused-ring (bicyclic) bond motifs is 6. The monoisotopic (exact) mass is 560 g/mol. The van der Waals surface area contributed by atoms with Crippen molar-refractivity contribution in [1.82, 2.24) is 19.6 Å². The number of hydrogen-bond acceptors (Lipinski definition) is 11. The Labute approximate surface area is 216 Å². The summed E-state index contributed by atoms with van der Waals surface area (Å²) < 4.78 is 82.2. The second kappa shape index (κ2) is 17.2. The van der Waals surface area contributed by atoms with Gasteiger partial charge in [0.25, 0.3) is 20.2 Å². The van der Waals surface area contributed by atoms with Gasteiger partial charge in [0.2, 0.25) is 0 Å². The van der Waals surface area contributed by atoms with Crippen molar-refractivity contribution in [3.05, 3.63) is 0 Å². The van der Waals surface area contributed by atoms with Crippen molar-refractivity contribution in [2.24, 2.45) is 0 Å². The highest BCUT2D eigenvalue weighted by Crippen LogP contribution is 2.06. The van der Waals surface area contributed by atoms with Gasteiger partial charge in [-0.3, -0.25) is 28.7 Å². The van der Waals surface area contributed by atoms with Gasteiger partial charge in [-0.2, -0.15) is 16.8 Å². The number of ether oxygens (including phenoxy) is 3. The van der Waals surface area contributed by atoms with E-state index in [0.717, 1.165) is 6.42 Å². The standard InChI is InChI=1S/C21H44N4O9S2/c26-35(27,28)20-24-4-2-1-3-5-25(21-36(29,30)31)9-7-23-11-15-32-14-10-22(6-8-24)12-16-33-18-19-34-17-13-23/h1-21H2,(H,26,27,28)(H,29,30,31). The summed E-state index contributed by atoms with van der Waals surface area (Å²) >= 11 is 0. The minimum Gasteiger partial charge on any atom is -0.379 e. The molecule has 2 heterocycles. The zero-order valence-electron chi connectivity index (χ0n) is 21.2. The Kier molecular flexibility index (Phi) is 15.2. The molecule has 0 radical (unpaired) electrons. The molecule has 0 amide bonds. The SMILES string of the molecule is O=S(=O)(O)CN1CCCCCN(CS(=O)(=O)O)CCN2CCOCCOCCN(CCOCC2)CC1. The van der Waals surface area contributed by atoms with Gasteiger partial charge in [-0.25, -0.2) is 0 Å². The summed E-state index contributed by atoms with van der Waals surface area (Å²) in [7, 11) is -8.32. The van der Waals surface area contributed by atoms with Crippen LogP contribution in [0.4, 0.5) is 0 Å². The Hall–Kier alpha value is -0.460. The van der Waals surface area contributed by atoms with Crippen LogP contribution >= 0.6 is 0 Å². The van der Waals surface area contributed by atoms with E-state index in [-0.39, 0.29) is 0 Å². The van der Waals surface area contributed by atoms with Crippen molar-refractivity contribution in [3.8, 4) is 0 Å². The fourth-order valence-corrected chi connectivity index (χ4v) is 5.67. The molecule has 2 N–H and O–H groups in total. The van der Waals surface area contributed by atoms with Crippen LogP contribution in [-0.4, -0.2) is 162 Å². The Morgan fingerprint density at radius 3 is 1.19 bits per heavy atom. The molecule has 2 rings (SSSR count). The fourth-order valence-electron chi connectivity index (χ4n) is 4.23. The van der Waals surface area contributed by atoms with Crippen LogP contribution < -0.4 is 0 Å². The van der Waals surface area contributed by atoms with Crippen molar-refractivity contribution in [2.45, 2.75) is 19.3 Å². The van der Waals surface area contributed by atoms with Crippen LogP contribution in [0.15, 0.2) is 0 Å². The van der Waals surface area contributed by atoms with Crippen LogP contribution in [0.1, 0.15) is 19.3 Å². The van der Waals surface area contributed by atoms with E-state index in [2.05, 4.69) is 9.80 Å². The van der Waals surface area contributed by atoms with Crippen LogP contribution in [0.2, 0.25) is 0 Å². The Morgan fingerprint density at radius 1 is 0.472 bits per heavy atom. The molecule has 2 aliphatic rings. The first-order valence-corrected chi connectivity index (χ1v) is 15.9. The van der Waals surface area contributed by atoms with E-state index in [1.165, 1.54) is 0 Å². The minimum atomic E-state index is -4.16. The second-order valence-electron chi connectivity index (χ2n) is 9.24. The Balaban J connectivity index is 2.12. The highest BCUT2D eigenvalue weighted by Gasteiger charge is 2.18. The minimum absolute atomic E-state index is 0.435. The molecule has 0 spiro atoms. The predicted molar refractivity (Wildman–Crippen MR) is 135 cm³/mol. The third-order valence-electron chi connectivity index (χ3n) is 6.18. The molecular formula is C21H44N4O9S2. The van der Waals surface area contributed by atoms with Crippen molar-refractivity contribution in [1.29, 1.82) is 0 Å². The predicted octanol–water partition coefficient (Wildman–Crippen LogP) is -0.868. The van der Waals surface area contributed by atoms with Crippen molar-refractivity contribution >= 4 is 20.2 Å². The van der Waals surface area contributed by atoms with E-state index in [1.807, 2.05) is 0 Å². The van der Waals surface area contributed by atoms with Gasteiger partial charge in [0.15, 0.2) is 0 Å². The molecule has 0 aromatic carbocycles. The highest BCUT2D eigenvalue weighted by molar-refractivity contribution is 7.85. The average molecular weight is 561 g/mol. The molecule has 214 valence electrons. The molecular weight excluding hydrogens is 516 g/mol. The largest absolute Gasteiger partial charge is 0.379 e. The average Bonchev–Trinajstić information content (AvgIpc) is 2.78. The van der Waals surface area contributed by atoms with Crippen molar-refractivity contribution < 1.29 is 40.2 Å². The molecule has 0 saturated carbocycles. The van der Waals surface area contributed by atoms with Crippen LogP contribution in [0, 0.1) is 0 Å². The first kappa shape index (κ1) is 31.8. The summed E-state index contributed by atoms with van der Waals surface area (Å²) in [6.07, 6.45) is 2.16. The molecule has 2 saturated heterocycles. The number of rotatable bonds is 4. The zero-order chi connectivity index (χ0) is 26.3. The highest BCUT2D eigenvalue weighted by atomic mass is 32.2. The van der Waals surface area contributed by atoms with Gasteiger partial charge >= 0.3 is 0 Å². The molecule has 36 heavy (non-hydrogen) atoms. The van der Waals surface area contributed by atoms with Crippen LogP contribution in [-0.2, 0) is 34.4 Å². The van der Waals surface area contributed by atoms with Crippen molar-refractivity contribution in [3.63, 3.8) is 0 Å². The Morgan fingerprint density at radius 2 is 0.833 bits per heavy atom. The topological polar surface area (TPSA) is 149 Å². The van der Waals surface area contributed by atoms with E-state index in [4.69, 9.17) is 14.2 Å². The van der Waals surface area contributed by atoms with Crippen molar-refractivity contribution in [2.75, 3.05) is 117 Å². The molecule has 13 nitrogen and oxygen atoms in total. The second-order valence-corrected chi connectivity index (χ2v) is 12.1. The third kappa shape index (κ3) is 16.4. The summed E-state index contributed by atoms with van der Waals surface area (Å²) in [5.41, 5.74) is 0. The van der Waals surface area contributed by atoms with E-state index in [1.54, 1.807) is 9.80 Å². The molecule has 2 fully saturated rings. The van der Waals surface area contributed by atoms with E-state index in [0.29, 0.717) is 118 Å². The Bertz CT molecular complexity index is 737. The lowest BCUT2D eigenvalue weighted by Crippen LogP contribution is -2.42. The van der Waals surface area contributed by atoms with Gasteiger partial charge in [0.1, 0.15) is 11.8 Å². The molecule has 15 heteroatoms. The quantitative estimate of drug-likeness (QED) is 0.324. The van der Waals surface area contributed by atoms with Crippen LogP contribution in [0.5, 0.6) is 0 Å². The lowest BCUT2D eigenvalue weighted by atomic mass is 10.2. The summed E-state index contributed by atoms with van der Waals surface area (Å²) in [4.78, 5) is 7.78. The van der Waals surface area contributed by atoms with Gasteiger partial charge in [-0.05, 0) is 25.9 Å². The van der Waals surface area contributed by atoms with Crippen LogP contribution in [0.25, 0.3) is 0 Å². The fraction of sp³-hybridized carbons (Fsp3) is 1.00. The molecule has 0 aromatic rings. The normalized spacial score (nSPS) is 27.4. The first-order valence-electron chi connectivity index (χ1n) is 12.6. The molecule has 2 unspecified atom stereocenters. The smallest absolute Gasteiger partial charge is 0.278 e. The molecule has 2 atom stereocenters. The maximum atomic E-state index is 11.5. The third-order valence-corrected chi connectivity index (χ3v) is 7.57. The summed E-state index contributed by atoms with van der Waals surface area (Å²) in [6.45, 7) is 8.83. The molecule has 0 aromatic heterocycles. The maximum absolute atomic E-state index is 11.5. The van der Waals surface area contributed by atoms with E-state index >= 15 is 0 Å².